The smallest absolute Gasteiger partial charge is 0.145 e. The minimum absolute atomic E-state index is 0.217. The van der Waals surface area contributed by atoms with Crippen molar-refractivity contribution in [3.05, 3.63) is 48.3 Å². The van der Waals surface area contributed by atoms with Gasteiger partial charge in [0.2, 0.25) is 0 Å². The number of anilines is 1. The number of rotatable bonds is 6. The summed E-state index contributed by atoms with van der Waals surface area (Å²) in [6.45, 7) is 2.40. The minimum Gasteiger partial charge on any atom is -0.456 e. The number of aliphatic hydroxyl groups is 1. The van der Waals surface area contributed by atoms with Gasteiger partial charge >= 0.3 is 0 Å². The number of nitrogens with zero attached hydrogens (tertiary/aromatic N) is 1. The number of alkyl halides is 1. The summed E-state index contributed by atoms with van der Waals surface area (Å²) in [6, 6.07) is 9.40. The second-order valence-electron chi connectivity index (χ2n) is 4.46. The van der Waals surface area contributed by atoms with Gasteiger partial charge in [-0.3, -0.25) is 4.98 Å². The predicted molar refractivity (Wildman–Crippen MR) is 80.7 cm³/mol. The number of nitrogens with one attached hydrogen (secondary N) is 1. The first-order valence-electron chi connectivity index (χ1n) is 6.35. The first kappa shape index (κ1) is 14.6. The molecule has 20 heavy (non-hydrogen) atoms. The van der Waals surface area contributed by atoms with Crippen LogP contribution >= 0.6 is 11.6 Å². The van der Waals surface area contributed by atoms with Crippen LogP contribution in [0.2, 0.25) is 0 Å². The molecule has 0 bridgehead atoms. The molecule has 1 aromatic heterocycles. The van der Waals surface area contributed by atoms with Crippen LogP contribution in [-0.2, 0) is 0 Å². The van der Waals surface area contributed by atoms with E-state index >= 15 is 0 Å². The van der Waals surface area contributed by atoms with Gasteiger partial charge in [-0.25, -0.2) is 0 Å². The highest BCUT2D eigenvalue weighted by atomic mass is 35.5. The van der Waals surface area contributed by atoms with Gasteiger partial charge in [-0.15, -0.1) is 11.6 Å². The lowest BCUT2D eigenvalue weighted by Crippen LogP contribution is -2.21. The van der Waals surface area contributed by atoms with Crippen LogP contribution in [0.25, 0.3) is 0 Å². The molecule has 0 radical (unpaired) electrons. The van der Waals surface area contributed by atoms with Crippen LogP contribution in [-0.4, -0.2) is 28.6 Å². The van der Waals surface area contributed by atoms with Crippen molar-refractivity contribution in [1.29, 1.82) is 0 Å². The van der Waals surface area contributed by atoms with Crippen molar-refractivity contribution in [1.82, 2.24) is 4.98 Å². The monoisotopic (exact) mass is 292 g/mol. The van der Waals surface area contributed by atoms with E-state index in [9.17, 15) is 5.11 Å². The molecular formula is C15H17ClN2O2. The van der Waals surface area contributed by atoms with Crippen molar-refractivity contribution in [3.8, 4) is 11.5 Å². The Hall–Kier alpha value is -1.78. The summed E-state index contributed by atoms with van der Waals surface area (Å²) in [5.41, 5.74) is 1.99. The van der Waals surface area contributed by atoms with E-state index in [1.54, 1.807) is 12.4 Å². The lowest BCUT2D eigenvalue weighted by Gasteiger charge is -2.13. The highest BCUT2D eigenvalue weighted by molar-refractivity contribution is 6.18. The summed E-state index contributed by atoms with van der Waals surface area (Å²) < 4.78 is 5.70. The zero-order chi connectivity index (χ0) is 14.4. The number of benzene rings is 1. The molecule has 0 aliphatic rings. The molecule has 1 heterocycles. The van der Waals surface area contributed by atoms with Crippen molar-refractivity contribution < 1.29 is 9.84 Å². The maximum absolute atomic E-state index is 9.43. The van der Waals surface area contributed by atoms with Gasteiger partial charge in [0.15, 0.2) is 0 Å². The van der Waals surface area contributed by atoms with Gasteiger partial charge in [-0.1, -0.05) is 0 Å². The standard InChI is InChI=1S/C15H17ClN2O2/c1-11-7-13(20-14-3-2-6-17-10-14)4-5-15(11)18-9-12(19)8-16/h2-7,10,12,18-19H,8-9H2,1H3. The third-order valence-corrected chi connectivity index (χ3v) is 3.13. The second-order valence-corrected chi connectivity index (χ2v) is 4.77. The van der Waals surface area contributed by atoms with Gasteiger partial charge in [0, 0.05) is 18.4 Å². The third kappa shape index (κ3) is 4.11. The van der Waals surface area contributed by atoms with Crippen molar-refractivity contribution in [2.75, 3.05) is 17.7 Å². The Morgan fingerprint density at radius 1 is 1.35 bits per heavy atom. The lowest BCUT2D eigenvalue weighted by atomic mass is 10.2. The van der Waals surface area contributed by atoms with E-state index < -0.39 is 6.10 Å². The zero-order valence-electron chi connectivity index (χ0n) is 11.2. The average Bonchev–Trinajstić information content (AvgIpc) is 2.47. The molecule has 0 saturated carbocycles. The summed E-state index contributed by atoms with van der Waals surface area (Å²) in [5.74, 6) is 1.66. The van der Waals surface area contributed by atoms with Gasteiger partial charge in [0.05, 0.1) is 18.2 Å². The van der Waals surface area contributed by atoms with Gasteiger partial charge in [0.1, 0.15) is 11.5 Å². The summed E-state index contributed by atoms with van der Waals surface area (Å²) in [6.07, 6.45) is 2.81. The van der Waals surface area contributed by atoms with E-state index in [4.69, 9.17) is 16.3 Å². The SMILES string of the molecule is Cc1cc(Oc2cccnc2)ccc1NCC(O)CCl. The van der Waals surface area contributed by atoms with Gasteiger partial charge in [-0.05, 0) is 42.8 Å². The molecule has 0 spiro atoms. The molecule has 2 aromatic rings. The summed E-state index contributed by atoms with van der Waals surface area (Å²) in [7, 11) is 0. The maximum Gasteiger partial charge on any atom is 0.145 e. The Kier molecular flexibility index (Phi) is 5.21. The fourth-order valence-electron chi connectivity index (χ4n) is 1.72. The van der Waals surface area contributed by atoms with Gasteiger partial charge < -0.3 is 15.2 Å². The van der Waals surface area contributed by atoms with Gasteiger partial charge in [-0.2, -0.15) is 0 Å². The summed E-state index contributed by atoms with van der Waals surface area (Å²) in [4.78, 5) is 4.00. The zero-order valence-corrected chi connectivity index (χ0v) is 12.0. The highest BCUT2D eigenvalue weighted by Gasteiger charge is 2.05. The van der Waals surface area contributed by atoms with Gasteiger partial charge in [0.25, 0.3) is 0 Å². The Balaban J connectivity index is 2.02. The Morgan fingerprint density at radius 3 is 2.85 bits per heavy atom. The van der Waals surface area contributed by atoms with E-state index in [0.717, 1.165) is 17.0 Å². The number of hydrogen-bond acceptors (Lipinski definition) is 4. The second kappa shape index (κ2) is 7.12. The van der Waals surface area contributed by atoms with Crippen LogP contribution < -0.4 is 10.1 Å². The van der Waals surface area contributed by atoms with E-state index in [1.807, 2.05) is 37.3 Å². The molecule has 1 atom stereocenters. The van der Waals surface area contributed by atoms with Crippen LogP contribution in [0.1, 0.15) is 5.56 Å². The third-order valence-electron chi connectivity index (χ3n) is 2.77. The van der Waals surface area contributed by atoms with Crippen molar-refractivity contribution in [3.63, 3.8) is 0 Å². The first-order chi connectivity index (χ1) is 9.69. The van der Waals surface area contributed by atoms with Crippen molar-refractivity contribution in [2.24, 2.45) is 0 Å². The van der Waals surface area contributed by atoms with Crippen molar-refractivity contribution in [2.45, 2.75) is 13.0 Å². The maximum atomic E-state index is 9.43. The lowest BCUT2D eigenvalue weighted by molar-refractivity contribution is 0.211. The Morgan fingerprint density at radius 2 is 2.20 bits per heavy atom. The molecule has 0 fully saturated rings. The molecule has 5 heteroatoms. The molecule has 0 saturated heterocycles. The van der Waals surface area contributed by atoms with Crippen LogP contribution in [0, 0.1) is 6.92 Å². The molecule has 1 aromatic carbocycles. The number of ether oxygens (including phenoxy) is 1. The van der Waals surface area contributed by atoms with E-state index in [2.05, 4.69) is 10.3 Å². The number of halogens is 1. The minimum atomic E-state index is -0.553. The number of aryl methyl sites for hydroxylation is 1. The average molecular weight is 293 g/mol. The highest BCUT2D eigenvalue weighted by Crippen LogP contribution is 2.25. The molecule has 106 valence electrons. The molecule has 0 amide bonds. The topological polar surface area (TPSA) is 54.4 Å². The van der Waals surface area contributed by atoms with E-state index in [-0.39, 0.29) is 5.88 Å². The Labute approximate surface area is 123 Å². The largest absolute Gasteiger partial charge is 0.456 e. The first-order valence-corrected chi connectivity index (χ1v) is 6.89. The Bertz CT molecular complexity index is 549. The molecular weight excluding hydrogens is 276 g/mol. The fraction of sp³-hybridized carbons (Fsp3) is 0.267. The molecule has 2 rings (SSSR count). The van der Waals surface area contributed by atoms with E-state index in [1.165, 1.54) is 0 Å². The van der Waals surface area contributed by atoms with Crippen LogP contribution in [0.3, 0.4) is 0 Å². The van der Waals surface area contributed by atoms with E-state index in [0.29, 0.717) is 12.3 Å². The van der Waals surface area contributed by atoms with Crippen molar-refractivity contribution >= 4 is 17.3 Å². The fourth-order valence-corrected chi connectivity index (χ4v) is 1.83. The van der Waals surface area contributed by atoms with Crippen LogP contribution in [0.15, 0.2) is 42.7 Å². The molecule has 1 unspecified atom stereocenters. The number of aliphatic hydroxyl groups excluding tert-OH is 1. The number of aromatic nitrogens is 1. The molecule has 2 N–H and O–H groups in total. The summed E-state index contributed by atoms with van der Waals surface area (Å²) >= 11 is 5.56. The van der Waals surface area contributed by atoms with Crippen LogP contribution in [0.4, 0.5) is 5.69 Å². The number of pyridine rings is 1. The van der Waals surface area contributed by atoms with Crippen LogP contribution in [0.5, 0.6) is 11.5 Å². The molecule has 4 nitrogen and oxygen atoms in total. The number of hydrogen-bond donors (Lipinski definition) is 2. The predicted octanol–water partition coefficient (Wildman–Crippen LogP) is 3.19. The molecule has 0 aliphatic heterocycles. The normalized spacial score (nSPS) is 11.9. The quantitative estimate of drug-likeness (QED) is 0.803. The molecule has 0 aliphatic carbocycles. The summed E-state index contributed by atoms with van der Waals surface area (Å²) in [5, 5.41) is 12.6.